The zero-order valence-electron chi connectivity index (χ0n) is 9.35. The van der Waals surface area contributed by atoms with Gasteiger partial charge in [0, 0.05) is 0 Å². The van der Waals surface area contributed by atoms with Crippen molar-refractivity contribution in [2.24, 2.45) is 5.84 Å². The van der Waals surface area contributed by atoms with E-state index in [9.17, 15) is 26.3 Å². The Morgan fingerprint density at radius 1 is 1.05 bits per heavy atom. The molecule has 1 unspecified atom stereocenters. The van der Waals surface area contributed by atoms with Crippen LogP contribution in [0.3, 0.4) is 0 Å². The first-order chi connectivity index (χ1) is 8.62. The SMILES string of the molecule is NNC(Cc1ccc(OC(F)(F)F)cc1)C(F)(F)F. The molecule has 108 valence electrons. The quantitative estimate of drug-likeness (QED) is 0.508. The van der Waals surface area contributed by atoms with Gasteiger partial charge >= 0.3 is 12.5 Å². The maximum absolute atomic E-state index is 12.4. The molecular formula is C10H10F6N2O. The number of benzene rings is 1. The minimum absolute atomic E-state index is 0.176. The summed E-state index contributed by atoms with van der Waals surface area (Å²) in [5, 5.41) is 0. The molecule has 0 aromatic heterocycles. The molecule has 0 aliphatic carbocycles. The van der Waals surface area contributed by atoms with Gasteiger partial charge in [0.05, 0.1) is 0 Å². The van der Waals surface area contributed by atoms with Crippen molar-refractivity contribution in [3.8, 4) is 5.75 Å². The van der Waals surface area contributed by atoms with E-state index >= 15 is 0 Å². The lowest BCUT2D eigenvalue weighted by molar-refractivity contribution is -0.274. The lowest BCUT2D eigenvalue weighted by Gasteiger charge is -2.19. The van der Waals surface area contributed by atoms with Crippen LogP contribution in [0.25, 0.3) is 0 Å². The van der Waals surface area contributed by atoms with Crippen molar-refractivity contribution in [2.45, 2.75) is 25.0 Å². The van der Waals surface area contributed by atoms with Gasteiger partial charge < -0.3 is 4.74 Å². The molecule has 0 heterocycles. The van der Waals surface area contributed by atoms with E-state index in [4.69, 9.17) is 5.84 Å². The average Bonchev–Trinajstić information content (AvgIpc) is 2.24. The number of rotatable bonds is 4. The largest absolute Gasteiger partial charge is 0.573 e. The third-order valence-electron chi connectivity index (χ3n) is 2.19. The summed E-state index contributed by atoms with van der Waals surface area (Å²) in [6.07, 6.45) is -9.88. The summed E-state index contributed by atoms with van der Waals surface area (Å²) in [5.41, 5.74) is 1.78. The van der Waals surface area contributed by atoms with Crippen molar-refractivity contribution < 1.29 is 31.1 Å². The number of alkyl halides is 6. The average molecular weight is 288 g/mol. The van der Waals surface area contributed by atoms with Crippen LogP contribution >= 0.6 is 0 Å². The molecule has 1 aromatic carbocycles. The van der Waals surface area contributed by atoms with Crippen molar-refractivity contribution in [2.75, 3.05) is 0 Å². The molecule has 0 saturated heterocycles. The number of hydrogen-bond acceptors (Lipinski definition) is 3. The topological polar surface area (TPSA) is 47.3 Å². The van der Waals surface area contributed by atoms with E-state index in [1.165, 1.54) is 0 Å². The molecule has 0 saturated carbocycles. The molecule has 0 aliphatic rings. The van der Waals surface area contributed by atoms with Gasteiger partial charge in [-0.25, -0.2) is 5.43 Å². The van der Waals surface area contributed by atoms with Crippen LogP contribution in [-0.2, 0) is 6.42 Å². The maximum atomic E-state index is 12.4. The molecule has 1 atom stereocenters. The minimum Gasteiger partial charge on any atom is -0.406 e. The molecule has 0 aliphatic heterocycles. The third kappa shape index (κ3) is 5.35. The van der Waals surface area contributed by atoms with Gasteiger partial charge in [0.1, 0.15) is 11.8 Å². The van der Waals surface area contributed by atoms with Gasteiger partial charge in [-0.2, -0.15) is 13.2 Å². The highest BCUT2D eigenvalue weighted by Crippen LogP contribution is 2.25. The lowest BCUT2D eigenvalue weighted by Crippen LogP contribution is -2.47. The number of nitrogens with two attached hydrogens (primary N) is 1. The molecule has 0 amide bonds. The number of nitrogens with one attached hydrogen (secondary N) is 1. The Labute approximate surface area is 104 Å². The van der Waals surface area contributed by atoms with Crippen molar-refractivity contribution >= 4 is 0 Å². The van der Waals surface area contributed by atoms with Gasteiger partial charge in [-0.15, -0.1) is 13.2 Å². The first-order valence-corrected chi connectivity index (χ1v) is 4.99. The van der Waals surface area contributed by atoms with Crippen LogP contribution in [0.4, 0.5) is 26.3 Å². The summed E-state index contributed by atoms with van der Waals surface area (Å²) < 4.78 is 76.4. The molecule has 3 N–H and O–H groups in total. The van der Waals surface area contributed by atoms with Crippen molar-refractivity contribution in [1.29, 1.82) is 0 Å². The van der Waals surface area contributed by atoms with Gasteiger partial charge in [0.15, 0.2) is 0 Å². The lowest BCUT2D eigenvalue weighted by atomic mass is 10.1. The zero-order valence-corrected chi connectivity index (χ0v) is 9.35. The summed E-state index contributed by atoms with van der Waals surface area (Å²) in [4.78, 5) is 0. The van der Waals surface area contributed by atoms with E-state index < -0.39 is 30.8 Å². The Morgan fingerprint density at radius 3 is 1.95 bits per heavy atom. The van der Waals surface area contributed by atoms with Crippen LogP contribution in [0.1, 0.15) is 5.56 Å². The van der Waals surface area contributed by atoms with Crippen molar-refractivity contribution in [3.05, 3.63) is 29.8 Å². The van der Waals surface area contributed by atoms with Crippen LogP contribution in [-0.4, -0.2) is 18.6 Å². The monoisotopic (exact) mass is 288 g/mol. The van der Waals surface area contributed by atoms with Gasteiger partial charge in [-0.3, -0.25) is 5.84 Å². The van der Waals surface area contributed by atoms with Crippen LogP contribution in [0, 0.1) is 0 Å². The fourth-order valence-corrected chi connectivity index (χ4v) is 1.33. The molecular weight excluding hydrogens is 278 g/mol. The fraction of sp³-hybridized carbons (Fsp3) is 0.400. The van der Waals surface area contributed by atoms with E-state index in [1.807, 2.05) is 0 Å². The molecule has 19 heavy (non-hydrogen) atoms. The van der Waals surface area contributed by atoms with Crippen LogP contribution < -0.4 is 16.0 Å². The van der Waals surface area contributed by atoms with Gasteiger partial charge in [0.25, 0.3) is 0 Å². The summed E-state index contributed by atoms with van der Waals surface area (Å²) >= 11 is 0. The summed E-state index contributed by atoms with van der Waals surface area (Å²) in [6, 6.07) is 2.12. The number of halogens is 6. The Hall–Kier alpha value is -1.48. The van der Waals surface area contributed by atoms with Crippen LogP contribution in [0.5, 0.6) is 5.75 Å². The molecule has 0 spiro atoms. The van der Waals surface area contributed by atoms with E-state index in [0.29, 0.717) is 0 Å². The maximum Gasteiger partial charge on any atom is 0.573 e. The number of ether oxygens (including phenoxy) is 1. The molecule has 9 heteroatoms. The van der Waals surface area contributed by atoms with Crippen molar-refractivity contribution in [3.63, 3.8) is 0 Å². The van der Waals surface area contributed by atoms with Crippen LogP contribution in [0.2, 0.25) is 0 Å². The highest BCUT2D eigenvalue weighted by atomic mass is 19.4. The summed E-state index contributed by atoms with van der Waals surface area (Å²) in [7, 11) is 0. The Kier molecular flexibility index (Phi) is 4.64. The zero-order chi connectivity index (χ0) is 14.7. The summed E-state index contributed by atoms with van der Waals surface area (Å²) in [6.45, 7) is 0. The second kappa shape index (κ2) is 5.66. The second-order valence-electron chi connectivity index (χ2n) is 3.66. The van der Waals surface area contributed by atoms with Gasteiger partial charge in [0.2, 0.25) is 0 Å². The smallest absolute Gasteiger partial charge is 0.406 e. The first kappa shape index (κ1) is 15.6. The Balaban J connectivity index is 2.71. The van der Waals surface area contributed by atoms with Crippen LogP contribution in [0.15, 0.2) is 24.3 Å². The number of hydrazine groups is 1. The second-order valence-corrected chi connectivity index (χ2v) is 3.66. The molecule has 0 fully saturated rings. The number of hydrogen-bond donors (Lipinski definition) is 2. The summed E-state index contributed by atoms with van der Waals surface area (Å²) in [5.74, 6) is 4.28. The molecule has 0 radical (unpaired) electrons. The van der Waals surface area contributed by atoms with Gasteiger partial charge in [-0.1, -0.05) is 12.1 Å². The molecule has 0 bridgehead atoms. The van der Waals surface area contributed by atoms with E-state index in [-0.39, 0.29) is 5.56 Å². The predicted molar refractivity (Wildman–Crippen MR) is 54.0 cm³/mol. The van der Waals surface area contributed by atoms with E-state index in [0.717, 1.165) is 24.3 Å². The highest BCUT2D eigenvalue weighted by molar-refractivity contribution is 5.28. The molecule has 1 rings (SSSR count). The fourth-order valence-electron chi connectivity index (χ4n) is 1.33. The molecule has 1 aromatic rings. The van der Waals surface area contributed by atoms with E-state index in [1.54, 1.807) is 5.43 Å². The minimum atomic E-state index is -4.84. The van der Waals surface area contributed by atoms with Crippen molar-refractivity contribution in [1.82, 2.24) is 5.43 Å². The molecule has 3 nitrogen and oxygen atoms in total. The standard InChI is InChI=1S/C10H10F6N2O/c11-9(12,13)8(18-17)5-6-1-3-7(4-2-6)19-10(14,15)16/h1-4,8,18H,5,17H2. The highest BCUT2D eigenvalue weighted by Gasteiger charge is 2.38. The normalized spacial score (nSPS) is 14.3. The predicted octanol–water partition coefficient (Wildman–Crippen LogP) is 2.52. The first-order valence-electron chi connectivity index (χ1n) is 4.99. The Bertz CT molecular complexity index is 400. The van der Waals surface area contributed by atoms with E-state index in [2.05, 4.69) is 4.74 Å². The third-order valence-corrected chi connectivity index (χ3v) is 2.19. The Morgan fingerprint density at radius 2 is 1.58 bits per heavy atom. The van der Waals surface area contributed by atoms with Gasteiger partial charge in [-0.05, 0) is 24.1 Å².